The highest BCUT2D eigenvalue weighted by molar-refractivity contribution is 7.10. The maximum atomic E-state index is 12.3. The summed E-state index contributed by atoms with van der Waals surface area (Å²) < 4.78 is 1.75. The Morgan fingerprint density at radius 1 is 1.41 bits per heavy atom. The fourth-order valence-electron chi connectivity index (χ4n) is 2.81. The van der Waals surface area contributed by atoms with E-state index >= 15 is 0 Å². The molecule has 22 heavy (non-hydrogen) atoms. The third-order valence-electron chi connectivity index (χ3n) is 3.71. The summed E-state index contributed by atoms with van der Waals surface area (Å²) in [6, 6.07) is 2.00. The minimum absolute atomic E-state index is 0.0208. The van der Waals surface area contributed by atoms with E-state index in [0.29, 0.717) is 18.3 Å². The lowest BCUT2D eigenvalue weighted by Crippen LogP contribution is -2.15. The van der Waals surface area contributed by atoms with Crippen LogP contribution in [-0.2, 0) is 18.3 Å². The summed E-state index contributed by atoms with van der Waals surface area (Å²) in [6.45, 7) is 8.62. The molecule has 0 aliphatic carbocycles. The van der Waals surface area contributed by atoms with E-state index in [4.69, 9.17) is 0 Å². The lowest BCUT2D eigenvalue weighted by molar-refractivity contribution is -0.115. The number of carbonyl (C=O) groups is 1. The molecule has 1 atom stereocenters. The van der Waals surface area contributed by atoms with Gasteiger partial charge in [0.15, 0.2) is 0 Å². The SMILES string of the molecule is Cc1nn(C)cc1CC(=O)Nc1ccsc1C(C)CC(C)C. The smallest absolute Gasteiger partial charge is 0.228 e. The standard InChI is InChI=1S/C17H25N3OS/c1-11(2)8-12(3)17-15(6-7-22-17)18-16(21)9-14-10-20(5)19-13(14)4/h6-7,10-12H,8-9H2,1-5H3,(H,18,21). The van der Waals surface area contributed by atoms with Gasteiger partial charge in [-0.2, -0.15) is 5.10 Å². The number of amides is 1. The van der Waals surface area contributed by atoms with E-state index in [1.165, 1.54) is 4.88 Å². The second kappa shape index (κ2) is 7.09. The maximum Gasteiger partial charge on any atom is 0.228 e. The van der Waals surface area contributed by atoms with Crippen molar-refractivity contribution in [3.63, 3.8) is 0 Å². The van der Waals surface area contributed by atoms with E-state index in [-0.39, 0.29) is 5.91 Å². The number of rotatable bonds is 6. The minimum atomic E-state index is 0.0208. The maximum absolute atomic E-state index is 12.3. The van der Waals surface area contributed by atoms with Crippen LogP contribution in [-0.4, -0.2) is 15.7 Å². The molecule has 2 aromatic heterocycles. The van der Waals surface area contributed by atoms with E-state index in [2.05, 4.69) is 36.6 Å². The number of anilines is 1. The first-order chi connectivity index (χ1) is 10.4. The first-order valence-electron chi connectivity index (χ1n) is 7.73. The van der Waals surface area contributed by atoms with E-state index in [1.807, 2.05) is 26.2 Å². The quantitative estimate of drug-likeness (QED) is 0.870. The number of hydrogen-bond donors (Lipinski definition) is 1. The zero-order chi connectivity index (χ0) is 16.3. The van der Waals surface area contributed by atoms with Crippen molar-refractivity contribution < 1.29 is 4.79 Å². The monoisotopic (exact) mass is 319 g/mol. The van der Waals surface area contributed by atoms with Crippen LogP contribution in [0.4, 0.5) is 5.69 Å². The molecular weight excluding hydrogens is 294 g/mol. The highest BCUT2D eigenvalue weighted by Crippen LogP contribution is 2.34. The molecule has 0 bridgehead atoms. The number of thiophene rings is 1. The van der Waals surface area contributed by atoms with Crippen molar-refractivity contribution in [1.82, 2.24) is 9.78 Å². The number of nitrogens with zero attached hydrogens (tertiary/aromatic N) is 2. The average molecular weight is 319 g/mol. The predicted octanol–water partition coefficient (Wildman–Crippen LogP) is 4.12. The molecule has 0 radical (unpaired) electrons. The van der Waals surface area contributed by atoms with Crippen LogP contribution >= 0.6 is 11.3 Å². The average Bonchev–Trinajstić information content (AvgIpc) is 2.96. The molecule has 0 aromatic carbocycles. The van der Waals surface area contributed by atoms with Gasteiger partial charge < -0.3 is 5.32 Å². The highest BCUT2D eigenvalue weighted by Gasteiger charge is 2.16. The molecule has 2 aromatic rings. The summed E-state index contributed by atoms with van der Waals surface area (Å²) in [7, 11) is 1.87. The summed E-state index contributed by atoms with van der Waals surface area (Å²) in [5.41, 5.74) is 2.85. The van der Waals surface area contributed by atoms with Gasteiger partial charge in [0.25, 0.3) is 0 Å². The molecule has 1 N–H and O–H groups in total. The summed E-state index contributed by atoms with van der Waals surface area (Å²) in [4.78, 5) is 13.6. The summed E-state index contributed by atoms with van der Waals surface area (Å²) >= 11 is 1.72. The molecule has 0 saturated carbocycles. The molecule has 0 fully saturated rings. The Morgan fingerprint density at radius 3 is 2.73 bits per heavy atom. The van der Waals surface area contributed by atoms with Gasteiger partial charge in [-0.1, -0.05) is 20.8 Å². The van der Waals surface area contributed by atoms with Gasteiger partial charge in [0.05, 0.1) is 17.8 Å². The van der Waals surface area contributed by atoms with Gasteiger partial charge in [0, 0.05) is 23.7 Å². The molecule has 0 spiro atoms. The van der Waals surface area contributed by atoms with Crippen molar-refractivity contribution in [2.24, 2.45) is 13.0 Å². The van der Waals surface area contributed by atoms with Crippen LogP contribution in [0.15, 0.2) is 17.6 Å². The molecule has 1 unspecified atom stereocenters. The van der Waals surface area contributed by atoms with E-state index in [9.17, 15) is 4.79 Å². The van der Waals surface area contributed by atoms with Gasteiger partial charge in [-0.05, 0) is 36.6 Å². The molecule has 0 aliphatic rings. The summed E-state index contributed by atoms with van der Waals surface area (Å²) in [5.74, 6) is 1.14. The van der Waals surface area contributed by atoms with Gasteiger partial charge in [0.2, 0.25) is 5.91 Å². The van der Waals surface area contributed by atoms with Crippen molar-refractivity contribution >= 4 is 22.9 Å². The molecule has 2 rings (SSSR count). The van der Waals surface area contributed by atoms with Crippen molar-refractivity contribution in [1.29, 1.82) is 0 Å². The largest absolute Gasteiger partial charge is 0.325 e. The fourth-order valence-corrected chi connectivity index (χ4v) is 3.73. The first kappa shape index (κ1) is 16.7. The summed E-state index contributed by atoms with van der Waals surface area (Å²) in [5, 5.41) is 9.40. The lowest BCUT2D eigenvalue weighted by atomic mass is 9.97. The Morgan fingerprint density at radius 2 is 2.14 bits per heavy atom. The lowest BCUT2D eigenvalue weighted by Gasteiger charge is -2.15. The third kappa shape index (κ3) is 4.19. The number of aromatic nitrogens is 2. The van der Waals surface area contributed by atoms with Crippen molar-refractivity contribution in [3.05, 3.63) is 33.8 Å². The minimum Gasteiger partial charge on any atom is -0.325 e. The van der Waals surface area contributed by atoms with Gasteiger partial charge in [-0.15, -0.1) is 11.3 Å². The van der Waals surface area contributed by atoms with Crippen LogP contribution in [0.5, 0.6) is 0 Å². The first-order valence-corrected chi connectivity index (χ1v) is 8.61. The third-order valence-corrected chi connectivity index (χ3v) is 4.86. The predicted molar refractivity (Wildman–Crippen MR) is 92.5 cm³/mol. The zero-order valence-electron chi connectivity index (χ0n) is 14.0. The van der Waals surface area contributed by atoms with E-state index in [1.54, 1.807) is 16.0 Å². The van der Waals surface area contributed by atoms with Crippen LogP contribution in [0.3, 0.4) is 0 Å². The van der Waals surface area contributed by atoms with Crippen LogP contribution in [0.1, 0.15) is 49.2 Å². The summed E-state index contributed by atoms with van der Waals surface area (Å²) in [6.07, 6.45) is 3.41. The number of hydrogen-bond acceptors (Lipinski definition) is 3. The van der Waals surface area contributed by atoms with E-state index < -0.39 is 0 Å². The van der Waals surface area contributed by atoms with Crippen LogP contribution in [0.25, 0.3) is 0 Å². The second-order valence-electron chi connectivity index (χ2n) is 6.37. The molecule has 0 saturated heterocycles. The zero-order valence-corrected chi connectivity index (χ0v) is 14.8. The van der Waals surface area contributed by atoms with Crippen LogP contribution < -0.4 is 5.32 Å². The Balaban J connectivity index is 2.03. The molecule has 4 nitrogen and oxygen atoms in total. The van der Waals surface area contributed by atoms with Crippen molar-refractivity contribution in [2.75, 3.05) is 5.32 Å². The molecule has 1 amide bonds. The molecule has 120 valence electrons. The Kier molecular flexibility index (Phi) is 5.40. The topological polar surface area (TPSA) is 46.9 Å². The Bertz CT molecular complexity index is 642. The van der Waals surface area contributed by atoms with Gasteiger partial charge in [0.1, 0.15) is 0 Å². The van der Waals surface area contributed by atoms with Gasteiger partial charge in [-0.3, -0.25) is 9.48 Å². The normalized spacial score (nSPS) is 12.6. The molecule has 5 heteroatoms. The van der Waals surface area contributed by atoms with Gasteiger partial charge >= 0.3 is 0 Å². The van der Waals surface area contributed by atoms with Crippen LogP contribution in [0.2, 0.25) is 0 Å². The fraction of sp³-hybridized carbons (Fsp3) is 0.529. The second-order valence-corrected chi connectivity index (χ2v) is 7.32. The Hall–Kier alpha value is -1.62. The van der Waals surface area contributed by atoms with Crippen LogP contribution in [0, 0.1) is 12.8 Å². The van der Waals surface area contributed by atoms with Gasteiger partial charge in [-0.25, -0.2) is 0 Å². The van der Waals surface area contributed by atoms with E-state index in [0.717, 1.165) is 23.4 Å². The molecule has 2 heterocycles. The number of carbonyl (C=O) groups excluding carboxylic acids is 1. The molecule has 0 aliphatic heterocycles. The molecular formula is C17H25N3OS. The highest BCUT2D eigenvalue weighted by atomic mass is 32.1. The van der Waals surface area contributed by atoms with Crippen molar-refractivity contribution in [2.45, 2.75) is 46.5 Å². The van der Waals surface area contributed by atoms with Crippen molar-refractivity contribution in [3.8, 4) is 0 Å². The number of nitrogens with one attached hydrogen (secondary N) is 1. The Labute approximate surface area is 136 Å². The number of aryl methyl sites for hydroxylation is 2.